The Morgan fingerprint density at radius 2 is 1.85 bits per heavy atom. The standard InChI is InChI=1S/C16H21NO2.ClH/c1-16(2,10-18)15(17)14-12-7-5-4-6-11(12)8-9-13(14)19-3;/h4-9,15,18H,10,17H2,1-3H3;1H/t15-;/m0./s1. The van der Waals surface area contributed by atoms with E-state index in [2.05, 4.69) is 6.07 Å². The number of hydrogen-bond acceptors (Lipinski definition) is 3. The van der Waals surface area contributed by atoms with Crippen LogP contribution in [0, 0.1) is 5.41 Å². The fraction of sp³-hybridized carbons (Fsp3) is 0.375. The highest BCUT2D eigenvalue weighted by Gasteiger charge is 2.30. The molecule has 110 valence electrons. The van der Waals surface area contributed by atoms with Gasteiger partial charge in [-0.2, -0.15) is 0 Å². The van der Waals surface area contributed by atoms with Crippen molar-refractivity contribution in [2.24, 2.45) is 11.1 Å². The maximum absolute atomic E-state index is 9.54. The summed E-state index contributed by atoms with van der Waals surface area (Å²) in [5, 5.41) is 11.7. The number of rotatable bonds is 4. The summed E-state index contributed by atoms with van der Waals surface area (Å²) in [4.78, 5) is 0. The number of ether oxygens (including phenoxy) is 1. The van der Waals surface area contributed by atoms with Crippen LogP contribution in [-0.4, -0.2) is 18.8 Å². The summed E-state index contributed by atoms with van der Waals surface area (Å²) in [6, 6.07) is 11.8. The number of aliphatic hydroxyl groups excluding tert-OH is 1. The minimum atomic E-state index is -0.405. The van der Waals surface area contributed by atoms with E-state index in [4.69, 9.17) is 10.5 Å². The Labute approximate surface area is 126 Å². The van der Waals surface area contributed by atoms with Gasteiger partial charge in [0.2, 0.25) is 0 Å². The van der Waals surface area contributed by atoms with Crippen LogP contribution in [0.5, 0.6) is 5.75 Å². The van der Waals surface area contributed by atoms with Crippen LogP contribution >= 0.6 is 12.4 Å². The molecule has 0 aliphatic heterocycles. The first-order valence-corrected chi connectivity index (χ1v) is 6.43. The monoisotopic (exact) mass is 295 g/mol. The van der Waals surface area contributed by atoms with E-state index < -0.39 is 5.41 Å². The van der Waals surface area contributed by atoms with Crippen LogP contribution in [-0.2, 0) is 0 Å². The first kappa shape index (κ1) is 16.8. The van der Waals surface area contributed by atoms with Crippen molar-refractivity contribution in [2.75, 3.05) is 13.7 Å². The number of nitrogens with two attached hydrogens (primary N) is 1. The van der Waals surface area contributed by atoms with Gasteiger partial charge in [-0.05, 0) is 16.8 Å². The van der Waals surface area contributed by atoms with Crippen LogP contribution in [0.1, 0.15) is 25.5 Å². The van der Waals surface area contributed by atoms with E-state index in [-0.39, 0.29) is 25.1 Å². The molecule has 3 N–H and O–H groups in total. The Hall–Kier alpha value is -1.29. The van der Waals surface area contributed by atoms with E-state index in [1.807, 2.05) is 44.2 Å². The van der Waals surface area contributed by atoms with Gasteiger partial charge in [0.05, 0.1) is 7.11 Å². The quantitative estimate of drug-likeness (QED) is 0.910. The molecule has 0 aliphatic carbocycles. The van der Waals surface area contributed by atoms with Crippen LogP contribution in [0.3, 0.4) is 0 Å². The summed E-state index contributed by atoms with van der Waals surface area (Å²) < 4.78 is 5.45. The summed E-state index contributed by atoms with van der Waals surface area (Å²) in [6.45, 7) is 3.94. The van der Waals surface area contributed by atoms with Crippen molar-refractivity contribution in [1.82, 2.24) is 0 Å². The minimum absolute atomic E-state index is 0. The molecule has 0 aromatic heterocycles. The zero-order valence-corrected chi connectivity index (χ0v) is 12.9. The number of hydrogen-bond donors (Lipinski definition) is 2. The average molecular weight is 296 g/mol. The second kappa shape index (κ2) is 6.44. The number of aliphatic hydroxyl groups is 1. The van der Waals surface area contributed by atoms with E-state index in [0.29, 0.717) is 0 Å². The molecule has 0 unspecified atom stereocenters. The van der Waals surface area contributed by atoms with Crippen molar-refractivity contribution in [2.45, 2.75) is 19.9 Å². The highest BCUT2D eigenvalue weighted by Crippen LogP contribution is 2.39. The third-order valence-corrected chi connectivity index (χ3v) is 3.71. The van der Waals surface area contributed by atoms with E-state index in [1.165, 1.54) is 0 Å². The molecule has 2 aromatic carbocycles. The smallest absolute Gasteiger partial charge is 0.124 e. The van der Waals surface area contributed by atoms with E-state index in [1.54, 1.807) is 7.11 Å². The Morgan fingerprint density at radius 3 is 2.45 bits per heavy atom. The van der Waals surface area contributed by atoms with Crippen molar-refractivity contribution < 1.29 is 9.84 Å². The van der Waals surface area contributed by atoms with Gasteiger partial charge in [-0.1, -0.05) is 44.2 Å². The molecule has 0 fully saturated rings. The molecule has 0 saturated carbocycles. The molecule has 0 saturated heterocycles. The minimum Gasteiger partial charge on any atom is -0.496 e. The lowest BCUT2D eigenvalue weighted by Crippen LogP contribution is -2.32. The van der Waals surface area contributed by atoms with Crippen LogP contribution < -0.4 is 10.5 Å². The Balaban J connectivity index is 0.00000200. The topological polar surface area (TPSA) is 55.5 Å². The third-order valence-electron chi connectivity index (χ3n) is 3.71. The number of halogens is 1. The summed E-state index contributed by atoms with van der Waals surface area (Å²) in [6.07, 6.45) is 0. The predicted octanol–water partition coefficient (Wildman–Crippen LogP) is 3.29. The molecule has 0 bridgehead atoms. The lowest BCUT2D eigenvalue weighted by molar-refractivity contribution is 0.131. The van der Waals surface area contributed by atoms with E-state index in [0.717, 1.165) is 22.1 Å². The van der Waals surface area contributed by atoms with Crippen molar-refractivity contribution in [1.29, 1.82) is 0 Å². The van der Waals surface area contributed by atoms with Crippen molar-refractivity contribution >= 4 is 23.2 Å². The highest BCUT2D eigenvalue weighted by molar-refractivity contribution is 5.88. The van der Waals surface area contributed by atoms with Crippen molar-refractivity contribution in [3.8, 4) is 5.75 Å². The maximum atomic E-state index is 9.54. The lowest BCUT2D eigenvalue weighted by atomic mass is 9.80. The zero-order valence-electron chi connectivity index (χ0n) is 12.1. The van der Waals surface area contributed by atoms with Crippen LogP contribution in [0.2, 0.25) is 0 Å². The maximum Gasteiger partial charge on any atom is 0.124 e. The molecule has 0 heterocycles. The second-order valence-electron chi connectivity index (χ2n) is 5.53. The fourth-order valence-electron chi connectivity index (χ4n) is 2.26. The van der Waals surface area contributed by atoms with Gasteiger partial charge in [-0.15, -0.1) is 12.4 Å². The van der Waals surface area contributed by atoms with Crippen molar-refractivity contribution in [3.63, 3.8) is 0 Å². The molecule has 0 radical (unpaired) electrons. The fourth-order valence-corrected chi connectivity index (χ4v) is 2.26. The van der Waals surface area contributed by atoms with Crippen molar-refractivity contribution in [3.05, 3.63) is 42.0 Å². The lowest BCUT2D eigenvalue weighted by Gasteiger charge is -2.31. The molecule has 20 heavy (non-hydrogen) atoms. The van der Waals surface area contributed by atoms with Gasteiger partial charge in [0.15, 0.2) is 0 Å². The Bertz CT molecular complexity index is 584. The van der Waals surface area contributed by atoms with Crippen LogP contribution in [0.25, 0.3) is 10.8 Å². The van der Waals surface area contributed by atoms with Gasteiger partial charge in [-0.3, -0.25) is 0 Å². The number of methoxy groups -OCH3 is 1. The molecular formula is C16H22ClNO2. The third kappa shape index (κ3) is 2.90. The van der Waals surface area contributed by atoms with Gasteiger partial charge in [0, 0.05) is 23.6 Å². The largest absolute Gasteiger partial charge is 0.496 e. The Morgan fingerprint density at radius 1 is 1.20 bits per heavy atom. The Kier molecular flexibility index (Phi) is 5.40. The van der Waals surface area contributed by atoms with E-state index >= 15 is 0 Å². The zero-order chi connectivity index (χ0) is 14.0. The van der Waals surface area contributed by atoms with Crippen LogP contribution in [0.4, 0.5) is 0 Å². The average Bonchev–Trinajstić information content (AvgIpc) is 2.45. The summed E-state index contributed by atoms with van der Waals surface area (Å²) >= 11 is 0. The number of benzene rings is 2. The molecule has 0 aliphatic rings. The van der Waals surface area contributed by atoms with Gasteiger partial charge < -0.3 is 15.6 Å². The molecule has 0 spiro atoms. The van der Waals surface area contributed by atoms with Gasteiger partial charge >= 0.3 is 0 Å². The molecule has 2 aromatic rings. The van der Waals surface area contributed by atoms with Gasteiger partial charge in [0.1, 0.15) is 5.75 Å². The predicted molar refractivity (Wildman–Crippen MR) is 85.5 cm³/mol. The first-order valence-electron chi connectivity index (χ1n) is 6.43. The normalized spacial score (nSPS) is 12.8. The van der Waals surface area contributed by atoms with Gasteiger partial charge in [-0.25, -0.2) is 0 Å². The molecule has 1 atom stereocenters. The second-order valence-corrected chi connectivity index (χ2v) is 5.53. The first-order chi connectivity index (χ1) is 9.01. The summed E-state index contributed by atoms with van der Waals surface area (Å²) in [5.74, 6) is 0.771. The summed E-state index contributed by atoms with van der Waals surface area (Å²) in [5.41, 5.74) is 6.94. The SMILES string of the molecule is COc1ccc2ccccc2c1[C@H](N)C(C)(C)CO.Cl. The highest BCUT2D eigenvalue weighted by atomic mass is 35.5. The molecule has 0 amide bonds. The molecular weight excluding hydrogens is 274 g/mol. The molecule has 4 heteroatoms. The molecule has 2 rings (SSSR count). The van der Waals surface area contributed by atoms with Crippen LogP contribution in [0.15, 0.2) is 36.4 Å². The number of fused-ring (bicyclic) bond motifs is 1. The van der Waals surface area contributed by atoms with E-state index in [9.17, 15) is 5.11 Å². The molecule has 3 nitrogen and oxygen atoms in total. The summed E-state index contributed by atoms with van der Waals surface area (Å²) in [7, 11) is 1.65. The van der Waals surface area contributed by atoms with Gasteiger partial charge in [0.25, 0.3) is 0 Å².